The van der Waals surface area contributed by atoms with Crippen molar-refractivity contribution in [2.45, 2.75) is 6.18 Å². The third kappa shape index (κ3) is 3.08. The summed E-state index contributed by atoms with van der Waals surface area (Å²) in [6.45, 7) is -0.227. The van der Waals surface area contributed by atoms with Crippen LogP contribution in [0.15, 0.2) is 24.3 Å². The highest BCUT2D eigenvalue weighted by atomic mass is 19.4. The molecule has 6 heteroatoms. The number of amides is 1. The summed E-state index contributed by atoms with van der Waals surface area (Å²) in [5.74, 6) is -0.444. The van der Waals surface area contributed by atoms with Gasteiger partial charge in [-0.1, -0.05) is 12.1 Å². The molecule has 0 spiro atoms. The Morgan fingerprint density at radius 3 is 2.25 bits per heavy atom. The van der Waals surface area contributed by atoms with Gasteiger partial charge in [-0.05, 0) is 12.1 Å². The number of benzene rings is 1. The zero-order valence-corrected chi connectivity index (χ0v) is 8.04. The van der Waals surface area contributed by atoms with Crippen LogP contribution in [0.2, 0.25) is 0 Å². The summed E-state index contributed by atoms with van der Waals surface area (Å²) in [4.78, 5) is 21.2. The van der Waals surface area contributed by atoms with E-state index < -0.39 is 17.5 Å². The fraction of sp³-hybridized carbons (Fsp3) is 0.200. The van der Waals surface area contributed by atoms with Crippen molar-refractivity contribution in [2.75, 3.05) is 6.54 Å². The second-order valence-electron chi connectivity index (χ2n) is 3.00. The molecular formula is C10H8F3NO2. The third-order valence-corrected chi connectivity index (χ3v) is 1.88. The molecule has 1 aromatic rings. The summed E-state index contributed by atoms with van der Waals surface area (Å²) in [6.07, 6.45) is -4.06. The zero-order valence-electron chi connectivity index (χ0n) is 8.04. The van der Waals surface area contributed by atoms with Crippen molar-refractivity contribution < 1.29 is 22.8 Å². The van der Waals surface area contributed by atoms with Crippen molar-refractivity contribution in [1.29, 1.82) is 0 Å². The zero-order chi connectivity index (χ0) is 12.2. The average molecular weight is 231 g/mol. The largest absolute Gasteiger partial charge is 0.416 e. The van der Waals surface area contributed by atoms with Crippen molar-refractivity contribution >= 4 is 12.2 Å². The fourth-order valence-electron chi connectivity index (χ4n) is 1.08. The Morgan fingerprint density at radius 1 is 1.25 bits per heavy atom. The molecule has 0 bridgehead atoms. The minimum Gasteiger partial charge on any atom is -0.351 e. The van der Waals surface area contributed by atoms with Gasteiger partial charge in [0.25, 0.3) is 0 Å². The number of halogens is 3. The monoisotopic (exact) mass is 231 g/mol. The number of hydrogen-bond acceptors (Lipinski definition) is 2. The minimum absolute atomic E-state index is 0.127. The van der Waals surface area contributed by atoms with Crippen molar-refractivity contribution in [3.8, 4) is 0 Å². The molecule has 0 aromatic heterocycles. The second-order valence-corrected chi connectivity index (χ2v) is 3.00. The van der Waals surface area contributed by atoms with Gasteiger partial charge in [0.2, 0.25) is 6.41 Å². The van der Waals surface area contributed by atoms with E-state index in [1.54, 1.807) is 0 Å². The van der Waals surface area contributed by atoms with E-state index in [-0.39, 0.29) is 12.1 Å². The molecule has 1 amide bonds. The lowest BCUT2D eigenvalue weighted by atomic mass is 10.1. The maximum Gasteiger partial charge on any atom is 0.416 e. The van der Waals surface area contributed by atoms with Gasteiger partial charge >= 0.3 is 6.18 Å². The summed E-state index contributed by atoms with van der Waals surface area (Å²) in [7, 11) is 0. The predicted octanol–water partition coefficient (Wildman–Crippen LogP) is 1.63. The molecule has 1 rings (SSSR count). The molecule has 0 unspecified atom stereocenters. The maximum atomic E-state index is 12.2. The summed E-state index contributed by atoms with van der Waals surface area (Å²) in [6, 6.07) is 3.82. The average Bonchev–Trinajstić information content (AvgIpc) is 2.25. The molecule has 0 aliphatic heterocycles. The molecule has 86 valence electrons. The van der Waals surface area contributed by atoms with Gasteiger partial charge in [-0.25, -0.2) is 0 Å². The standard InChI is InChI=1S/C10H8F3NO2/c11-10(12,13)8-3-1-7(2-4-8)9(16)5-14-6-15/h1-4,6H,5H2,(H,14,15). The first-order valence-electron chi connectivity index (χ1n) is 4.32. The van der Waals surface area contributed by atoms with Crippen LogP contribution in [0.25, 0.3) is 0 Å². The van der Waals surface area contributed by atoms with E-state index in [9.17, 15) is 22.8 Å². The smallest absolute Gasteiger partial charge is 0.351 e. The Hall–Kier alpha value is -1.85. The lowest BCUT2D eigenvalue weighted by Crippen LogP contribution is -2.21. The fourth-order valence-corrected chi connectivity index (χ4v) is 1.08. The summed E-state index contributed by atoms with van der Waals surface area (Å²) >= 11 is 0. The SMILES string of the molecule is O=CNCC(=O)c1ccc(C(F)(F)F)cc1. The summed E-state index contributed by atoms with van der Waals surface area (Å²) in [5, 5.41) is 2.14. The van der Waals surface area contributed by atoms with Crippen LogP contribution in [0.1, 0.15) is 15.9 Å². The Morgan fingerprint density at radius 2 is 1.81 bits per heavy atom. The Bertz CT molecular complexity index is 384. The number of rotatable bonds is 4. The molecule has 0 saturated heterocycles. The number of carbonyl (C=O) groups excluding carboxylic acids is 2. The Kier molecular flexibility index (Phi) is 3.65. The molecule has 3 nitrogen and oxygen atoms in total. The highest BCUT2D eigenvalue weighted by Crippen LogP contribution is 2.29. The van der Waals surface area contributed by atoms with E-state index in [2.05, 4.69) is 5.32 Å². The Labute approximate surface area is 89.3 Å². The lowest BCUT2D eigenvalue weighted by molar-refractivity contribution is -0.137. The van der Waals surface area contributed by atoms with E-state index in [4.69, 9.17) is 0 Å². The van der Waals surface area contributed by atoms with Crippen molar-refractivity contribution in [1.82, 2.24) is 5.32 Å². The van der Waals surface area contributed by atoms with Gasteiger partial charge in [0.15, 0.2) is 5.78 Å². The van der Waals surface area contributed by atoms with E-state index in [0.29, 0.717) is 6.41 Å². The number of Topliss-reactive ketones (excluding diaryl/α,β-unsaturated/α-hetero) is 1. The molecule has 0 heterocycles. The minimum atomic E-state index is -4.41. The normalized spacial score (nSPS) is 10.9. The van der Waals surface area contributed by atoms with Crippen molar-refractivity contribution in [2.24, 2.45) is 0 Å². The highest BCUT2D eigenvalue weighted by Gasteiger charge is 2.30. The number of ketones is 1. The van der Waals surface area contributed by atoms with Crippen LogP contribution >= 0.6 is 0 Å². The number of carbonyl (C=O) groups is 2. The van der Waals surface area contributed by atoms with E-state index in [1.165, 1.54) is 0 Å². The molecule has 0 saturated carbocycles. The van der Waals surface area contributed by atoms with Crippen LogP contribution in [0, 0.1) is 0 Å². The quantitative estimate of drug-likeness (QED) is 0.632. The molecule has 0 aliphatic rings. The van der Waals surface area contributed by atoms with E-state index in [0.717, 1.165) is 24.3 Å². The van der Waals surface area contributed by atoms with Gasteiger partial charge in [0, 0.05) is 5.56 Å². The van der Waals surface area contributed by atoms with Gasteiger partial charge in [0.05, 0.1) is 12.1 Å². The Balaban J connectivity index is 2.79. The number of nitrogens with one attached hydrogen (secondary N) is 1. The number of hydrogen-bond donors (Lipinski definition) is 1. The van der Waals surface area contributed by atoms with Crippen LogP contribution in [0.3, 0.4) is 0 Å². The van der Waals surface area contributed by atoms with Crippen LogP contribution in [0.5, 0.6) is 0 Å². The first kappa shape index (κ1) is 12.2. The summed E-state index contributed by atoms with van der Waals surface area (Å²) < 4.78 is 36.5. The van der Waals surface area contributed by atoms with Gasteiger partial charge in [-0.15, -0.1) is 0 Å². The first-order valence-corrected chi connectivity index (χ1v) is 4.32. The summed E-state index contributed by atoms with van der Waals surface area (Å²) in [5.41, 5.74) is -0.685. The van der Waals surface area contributed by atoms with Crippen LogP contribution in [0.4, 0.5) is 13.2 Å². The molecule has 0 radical (unpaired) electrons. The molecule has 0 atom stereocenters. The second kappa shape index (κ2) is 4.78. The molecular weight excluding hydrogens is 223 g/mol. The van der Waals surface area contributed by atoms with Gasteiger partial charge < -0.3 is 5.32 Å². The van der Waals surface area contributed by atoms with Gasteiger partial charge in [-0.2, -0.15) is 13.2 Å². The van der Waals surface area contributed by atoms with Gasteiger partial charge in [-0.3, -0.25) is 9.59 Å². The molecule has 0 fully saturated rings. The molecule has 1 aromatic carbocycles. The molecule has 1 N–H and O–H groups in total. The van der Waals surface area contributed by atoms with Crippen LogP contribution in [-0.2, 0) is 11.0 Å². The van der Waals surface area contributed by atoms with Crippen LogP contribution < -0.4 is 5.32 Å². The third-order valence-electron chi connectivity index (χ3n) is 1.88. The van der Waals surface area contributed by atoms with Crippen molar-refractivity contribution in [3.05, 3.63) is 35.4 Å². The number of alkyl halides is 3. The topological polar surface area (TPSA) is 46.2 Å². The highest BCUT2D eigenvalue weighted by molar-refractivity contribution is 5.98. The first-order chi connectivity index (χ1) is 7.45. The van der Waals surface area contributed by atoms with Crippen LogP contribution in [-0.4, -0.2) is 18.7 Å². The van der Waals surface area contributed by atoms with E-state index >= 15 is 0 Å². The molecule has 0 aliphatic carbocycles. The predicted molar refractivity (Wildman–Crippen MR) is 49.8 cm³/mol. The van der Waals surface area contributed by atoms with E-state index in [1.807, 2.05) is 0 Å². The van der Waals surface area contributed by atoms with Crippen molar-refractivity contribution in [3.63, 3.8) is 0 Å². The maximum absolute atomic E-state index is 12.2. The lowest BCUT2D eigenvalue weighted by Gasteiger charge is -2.06. The molecule has 16 heavy (non-hydrogen) atoms. The van der Waals surface area contributed by atoms with Gasteiger partial charge in [0.1, 0.15) is 0 Å².